The Labute approximate surface area is 144 Å². The molecule has 2 rings (SSSR count). The van der Waals surface area contributed by atoms with Crippen LogP contribution in [-0.2, 0) is 9.53 Å². The lowest BCUT2D eigenvalue weighted by atomic mass is 10.3. The molecule has 1 fully saturated rings. The summed E-state index contributed by atoms with van der Waals surface area (Å²) < 4.78 is 10.3. The zero-order valence-electron chi connectivity index (χ0n) is 12.7. The van der Waals surface area contributed by atoms with Crippen LogP contribution in [0.5, 0.6) is 5.75 Å². The van der Waals surface area contributed by atoms with Gasteiger partial charge in [-0.15, -0.1) is 0 Å². The number of rotatable bonds is 7. The minimum Gasteiger partial charge on any atom is -0.481 e. The van der Waals surface area contributed by atoms with E-state index in [0.717, 1.165) is 0 Å². The molecule has 6 nitrogen and oxygen atoms in total. The summed E-state index contributed by atoms with van der Waals surface area (Å²) in [5.41, 5.74) is 0. The van der Waals surface area contributed by atoms with Gasteiger partial charge in [-0.05, 0) is 31.5 Å². The summed E-state index contributed by atoms with van der Waals surface area (Å²) in [5.74, 6) is 0.190. The van der Waals surface area contributed by atoms with Gasteiger partial charge in [0.15, 0.2) is 6.10 Å². The number of amides is 2. The molecule has 0 aliphatic carbocycles. The van der Waals surface area contributed by atoms with Crippen LogP contribution >= 0.6 is 23.2 Å². The zero-order valence-corrected chi connectivity index (χ0v) is 14.2. The number of cyclic esters (lactones) is 1. The zero-order chi connectivity index (χ0) is 16.8. The Morgan fingerprint density at radius 1 is 1.39 bits per heavy atom. The lowest BCUT2D eigenvalue weighted by Gasteiger charge is -2.16. The monoisotopic (exact) mass is 360 g/mol. The van der Waals surface area contributed by atoms with Crippen LogP contribution in [0.15, 0.2) is 18.2 Å². The number of nitrogens with one attached hydrogen (secondary N) is 1. The number of carbonyl (C=O) groups excluding carboxylic acids is 2. The van der Waals surface area contributed by atoms with E-state index in [-0.39, 0.29) is 12.0 Å². The lowest BCUT2D eigenvalue weighted by Crippen LogP contribution is -2.38. The number of ether oxygens (including phenoxy) is 2. The minimum atomic E-state index is -0.679. The fraction of sp³-hybridized carbons (Fsp3) is 0.467. The van der Waals surface area contributed by atoms with Crippen molar-refractivity contribution in [2.24, 2.45) is 0 Å². The second-order valence-corrected chi connectivity index (χ2v) is 5.98. The van der Waals surface area contributed by atoms with Crippen LogP contribution in [0.1, 0.15) is 13.3 Å². The second kappa shape index (κ2) is 8.26. The van der Waals surface area contributed by atoms with Crippen LogP contribution < -0.4 is 10.1 Å². The Bertz CT molecular complexity index is 562. The quantitative estimate of drug-likeness (QED) is 0.759. The Morgan fingerprint density at radius 3 is 2.70 bits per heavy atom. The average Bonchev–Trinajstić information content (AvgIpc) is 2.87. The lowest BCUT2D eigenvalue weighted by molar-refractivity contribution is -0.127. The predicted octanol–water partition coefficient (Wildman–Crippen LogP) is 2.72. The summed E-state index contributed by atoms with van der Waals surface area (Å²) >= 11 is 11.8. The number of halogens is 2. The highest BCUT2D eigenvalue weighted by Crippen LogP contribution is 2.24. The van der Waals surface area contributed by atoms with Crippen LogP contribution in [0.2, 0.25) is 10.0 Å². The third kappa shape index (κ3) is 5.48. The van der Waals surface area contributed by atoms with Gasteiger partial charge >= 0.3 is 6.09 Å². The first-order valence-corrected chi connectivity index (χ1v) is 8.03. The van der Waals surface area contributed by atoms with Crippen molar-refractivity contribution in [3.05, 3.63) is 28.2 Å². The van der Waals surface area contributed by atoms with Crippen molar-refractivity contribution in [1.82, 2.24) is 10.2 Å². The smallest absolute Gasteiger partial charge is 0.409 e. The normalized spacial score (nSPS) is 15.3. The fourth-order valence-electron chi connectivity index (χ4n) is 2.11. The molecule has 0 spiro atoms. The average molecular weight is 361 g/mol. The summed E-state index contributed by atoms with van der Waals surface area (Å²) in [7, 11) is 0. The largest absolute Gasteiger partial charge is 0.481 e. The van der Waals surface area contributed by atoms with Crippen molar-refractivity contribution < 1.29 is 19.1 Å². The van der Waals surface area contributed by atoms with E-state index in [0.29, 0.717) is 48.5 Å². The van der Waals surface area contributed by atoms with Gasteiger partial charge in [-0.2, -0.15) is 0 Å². The van der Waals surface area contributed by atoms with E-state index in [9.17, 15) is 9.59 Å². The molecular formula is C15H18Cl2N2O4. The highest BCUT2D eigenvalue weighted by molar-refractivity contribution is 6.34. The standard InChI is InChI=1S/C15H18Cl2N2O4/c1-10(23-13-8-11(16)7-12(17)9-13)14(20)18-3-2-4-19-5-6-22-15(19)21/h7-10H,2-6H2,1H3,(H,18,20). The first kappa shape index (κ1) is 17.7. The second-order valence-electron chi connectivity index (χ2n) is 5.11. The van der Waals surface area contributed by atoms with E-state index in [1.54, 1.807) is 30.0 Å². The summed E-state index contributed by atoms with van der Waals surface area (Å²) in [4.78, 5) is 24.8. The number of hydrogen-bond acceptors (Lipinski definition) is 4. The van der Waals surface area contributed by atoms with Gasteiger partial charge in [-0.25, -0.2) is 4.79 Å². The molecule has 0 saturated carbocycles. The predicted molar refractivity (Wildman–Crippen MR) is 87.1 cm³/mol. The molecule has 1 aliphatic rings. The van der Waals surface area contributed by atoms with Crippen molar-refractivity contribution in [2.75, 3.05) is 26.2 Å². The summed E-state index contributed by atoms with van der Waals surface area (Å²) in [6.07, 6.45) is -0.330. The van der Waals surface area contributed by atoms with Crippen molar-refractivity contribution in [3.63, 3.8) is 0 Å². The summed E-state index contributed by atoms with van der Waals surface area (Å²) in [6.45, 7) is 3.67. The molecule has 2 amide bonds. The third-order valence-electron chi connectivity index (χ3n) is 3.27. The van der Waals surface area contributed by atoms with E-state index < -0.39 is 6.10 Å². The van der Waals surface area contributed by atoms with Gasteiger partial charge in [0.25, 0.3) is 5.91 Å². The molecule has 1 N–H and O–H groups in total. The van der Waals surface area contributed by atoms with E-state index in [1.807, 2.05) is 0 Å². The SMILES string of the molecule is CC(Oc1cc(Cl)cc(Cl)c1)C(=O)NCCCN1CCOC1=O. The van der Waals surface area contributed by atoms with Gasteiger partial charge in [0.2, 0.25) is 0 Å². The van der Waals surface area contributed by atoms with Crippen LogP contribution in [0.3, 0.4) is 0 Å². The Balaban J connectivity index is 1.71. The van der Waals surface area contributed by atoms with Crippen molar-refractivity contribution in [3.8, 4) is 5.75 Å². The van der Waals surface area contributed by atoms with Crippen LogP contribution in [0, 0.1) is 0 Å². The van der Waals surface area contributed by atoms with Crippen molar-refractivity contribution in [1.29, 1.82) is 0 Å². The highest BCUT2D eigenvalue weighted by atomic mass is 35.5. The minimum absolute atomic E-state index is 0.245. The molecule has 0 aromatic heterocycles. The molecule has 1 aliphatic heterocycles. The van der Waals surface area contributed by atoms with Crippen molar-refractivity contribution >= 4 is 35.2 Å². The molecule has 1 unspecified atom stereocenters. The van der Waals surface area contributed by atoms with E-state index in [1.165, 1.54) is 0 Å². The molecule has 126 valence electrons. The Hall–Kier alpha value is -1.66. The van der Waals surface area contributed by atoms with Gasteiger partial charge in [-0.1, -0.05) is 23.2 Å². The van der Waals surface area contributed by atoms with Crippen LogP contribution in [0.4, 0.5) is 4.79 Å². The number of nitrogens with zero attached hydrogens (tertiary/aromatic N) is 1. The maximum Gasteiger partial charge on any atom is 0.409 e. The molecular weight excluding hydrogens is 343 g/mol. The third-order valence-corrected chi connectivity index (χ3v) is 3.70. The van der Waals surface area contributed by atoms with Crippen molar-refractivity contribution in [2.45, 2.75) is 19.4 Å². The topological polar surface area (TPSA) is 67.9 Å². The maximum atomic E-state index is 12.0. The highest BCUT2D eigenvalue weighted by Gasteiger charge is 2.21. The Kier molecular flexibility index (Phi) is 6.36. The maximum absolute atomic E-state index is 12.0. The summed E-state index contributed by atoms with van der Waals surface area (Å²) in [6, 6.07) is 4.77. The Morgan fingerprint density at radius 2 is 2.09 bits per heavy atom. The molecule has 1 atom stereocenters. The van der Waals surface area contributed by atoms with Gasteiger partial charge < -0.3 is 19.7 Å². The van der Waals surface area contributed by atoms with Gasteiger partial charge in [-0.3, -0.25) is 4.79 Å². The molecule has 1 heterocycles. The van der Waals surface area contributed by atoms with Gasteiger partial charge in [0.05, 0.1) is 6.54 Å². The summed E-state index contributed by atoms with van der Waals surface area (Å²) in [5, 5.41) is 3.65. The first-order valence-electron chi connectivity index (χ1n) is 7.28. The molecule has 1 saturated heterocycles. The number of carbonyl (C=O) groups is 2. The molecule has 0 radical (unpaired) electrons. The molecule has 0 bridgehead atoms. The molecule has 1 aromatic carbocycles. The van der Waals surface area contributed by atoms with Crippen LogP contribution in [0.25, 0.3) is 0 Å². The fourth-order valence-corrected chi connectivity index (χ4v) is 2.61. The molecule has 23 heavy (non-hydrogen) atoms. The van der Waals surface area contributed by atoms with E-state index in [2.05, 4.69) is 5.32 Å². The molecule has 1 aromatic rings. The first-order chi connectivity index (χ1) is 11.0. The van der Waals surface area contributed by atoms with E-state index >= 15 is 0 Å². The number of benzene rings is 1. The van der Waals surface area contributed by atoms with Crippen LogP contribution in [-0.4, -0.2) is 49.2 Å². The molecule has 8 heteroatoms. The van der Waals surface area contributed by atoms with Gasteiger partial charge in [0.1, 0.15) is 12.4 Å². The van der Waals surface area contributed by atoms with Gasteiger partial charge in [0, 0.05) is 23.1 Å². The van der Waals surface area contributed by atoms with E-state index in [4.69, 9.17) is 32.7 Å². The number of hydrogen-bond donors (Lipinski definition) is 1.